The fraction of sp³-hybridized carbons (Fsp3) is 0.556. The Morgan fingerprint density at radius 3 is 2.46 bits per heavy atom. The van der Waals surface area contributed by atoms with Crippen LogP contribution in [0.4, 0.5) is 9.59 Å². The second-order valence-electron chi connectivity index (χ2n) is 5.91. The van der Waals surface area contributed by atoms with E-state index >= 15 is 0 Å². The number of piperidine rings is 1. The van der Waals surface area contributed by atoms with Gasteiger partial charge in [0.1, 0.15) is 0 Å². The molecule has 1 fully saturated rings. The zero-order valence-corrected chi connectivity index (χ0v) is 14.5. The molecule has 1 aliphatic heterocycles. The second-order valence-corrected chi connectivity index (χ2v) is 5.91. The van der Waals surface area contributed by atoms with Crippen LogP contribution in [0.2, 0.25) is 0 Å². The Balaban J connectivity index is 1.80. The zero-order valence-electron chi connectivity index (χ0n) is 14.5. The standard InChI is InChI=1S/C18H27N3O3/c1-3-20(14-15-8-6-5-7-9-15)17(22)19-16-10-12-21(13-11-16)18(23)24-4-2/h5-9,16H,3-4,10-14H2,1-2H3,(H,19,22). The van der Waals surface area contributed by atoms with E-state index < -0.39 is 0 Å². The molecule has 0 aliphatic carbocycles. The van der Waals surface area contributed by atoms with Crippen LogP contribution in [0, 0.1) is 0 Å². The van der Waals surface area contributed by atoms with E-state index in [-0.39, 0.29) is 18.2 Å². The number of nitrogens with one attached hydrogen (secondary N) is 1. The zero-order chi connectivity index (χ0) is 17.4. The van der Waals surface area contributed by atoms with Crippen molar-refractivity contribution in [3.63, 3.8) is 0 Å². The SMILES string of the molecule is CCOC(=O)N1CCC(NC(=O)N(CC)Cc2ccccc2)CC1. The van der Waals surface area contributed by atoms with Gasteiger partial charge in [-0.1, -0.05) is 30.3 Å². The van der Waals surface area contributed by atoms with E-state index in [1.54, 1.807) is 16.7 Å². The van der Waals surface area contributed by atoms with Gasteiger partial charge in [0.05, 0.1) is 6.61 Å². The molecule has 3 amide bonds. The van der Waals surface area contributed by atoms with Crippen molar-refractivity contribution < 1.29 is 14.3 Å². The first-order valence-electron chi connectivity index (χ1n) is 8.65. The minimum Gasteiger partial charge on any atom is -0.450 e. The van der Waals surface area contributed by atoms with Crippen molar-refractivity contribution in [2.24, 2.45) is 0 Å². The number of carbonyl (C=O) groups is 2. The maximum atomic E-state index is 12.5. The van der Waals surface area contributed by atoms with Gasteiger partial charge in [-0.2, -0.15) is 0 Å². The van der Waals surface area contributed by atoms with Crippen molar-refractivity contribution in [1.29, 1.82) is 0 Å². The number of carbonyl (C=O) groups excluding carboxylic acids is 2. The lowest BCUT2D eigenvalue weighted by molar-refractivity contribution is 0.0951. The molecule has 0 spiro atoms. The molecule has 1 aromatic rings. The van der Waals surface area contributed by atoms with Crippen LogP contribution in [0.3, 0.4) is 0 Å². The van der Waals surface area contributed by atoms with Gasteiger partial charge in [0.25, 0.3) is 0 Å². The van der Waals surface area contributed by atoms with Gasteiger partial charge in [0.15, 0.2) is 0 Å². The number of amides is 3. The maximum Gasteiger partial charge on any atom is 0.409 e. The van der Waals surface area contributed by atoms with Crippen LogP contribution in [-0.4, -0.2) is 54.2 Å². The van der Waals surface area contributed by atoms with Crippen molar-refractivity contribution in [3.05, 3.63) is 35.9 Å². The second kappa shape index (κ2) is 9.15. The summed E-state index contributed by atoms with van der Waals surface area (Å²) in [5.74, 6) is 0. The molecular formula is C18H27N3O3. The normalized spacial score (nSPS) is 15.0. The molecule has 0 unspecified atom stereocenters. The Hall–Kier alpha value is -2.24. The highest BCUT2D eigenvalue weighted by molar-refractivity contribution is 5.74. The topological polar surface area (TPSA) is 61.9 Å². The fourth-order valence-corrected chi connectivity index (χ4v) is 2.82. The molecule has 0 saturated carbocycles. The van der Waals surface area contributed by atoms with Crippen LogP contribution in [0.15, 0.2) is 30.3 Å². The van der Waals surface area contributed by atoms with Crippen molar-refractivity contribution in [1.82, 2.24) is 15.1 Å². The summed E-state index contributed by atoms with van der Waals surface area (Å²) >= 11 is 0. The molecule has 6 nitrogen and oxygen atoms in total. The number of ether oxygens (including phenoxy) is 1. The molecule has 0 atom stereocenters. The molecule has 0 radical (unpaired) electrons. The fourth-order valence-electron chi connectivity index (χ4n) is 2.82. The van der Waals surface area contributed by atoms with Crippen molar-refractivity contribution in [2.75, 3.05) is 26.2 Å². The summed E-state index contributed by atoms with van der Waals surface area (Å²) in [6, 6.07) is 10.0. The Morgan fingerprint density at radius 1 is 1.21 bits per heavy atom. The summed E-state index contributed by atoms with van der Waals surface area (Å²) in [6.07, 6.45) is 1.25. The minimum atomic E-state index is -0.262. The molecule has 1 saturated heterocycles. The minimum absolute atomic E-state index is 0.0454. The summed E-state index contributed by atoms with van der Waals surface area (Å²) < 4.78 is 5.01. The lowest BCUT2D eigenvalue weighted by Crippen LogP contribution is -2.50. The molecule has 24 heavy (non-hydrogen) atoms. The van der Waals surface area contributed by atoms with Crippen LogP contribution in [0.5, 0.6) is 0 Å². The first-order valence-corrected chi connectivity index (χ1v) is 8.65. The number of rotatable bonds is 5. The van der Waals surface area contributed by atoms with E-state index in [2.05, 4.69) is 5.32 Å². The van der Waals surface area contributed by atoms with Gasteiger partial charge in [-0.3, -0.25) is 0 Å². The molecule has 2 rings (SSSR count). The van der Waals surface area contributed by atoms with Crippen molar-refractivity contribution >= 4 is 12.1 Å². The van der Waals surface area contributed by atoms with E-state index in [0.29, 0.717) is 32.8 Å². The summed E-state index contributed by atoms with van der Waals surface area (Å²) in [5, 5.41) is 3.09. The van der Waals surface area contributed by atoms with Crippen LogP contribution in [0.25, 0.3) is 0 Å². The van der Waals surface area contributed by atoms with Crippen LogP contribution in [0.1, 0.15) is 32.3 Å². The van der Waals surface area contributed by atoms with Gasteiger partial charge in [0.2, 0.25) is 0 Å². The average molecular weight is 333 g/mol. The highest BCUT2D eigenvalue weighted by atomic mass is 16.6. The average Bonchev–Trinajstić information content (AvgIpc) is 2.61. The summed E-state index contributed by atoms with van der Waals surface area (Å²) in [6.45, 7) is 6.67. The van der Waals surface area contributed by atoms with E-state index in [1.807, 2.05) is 37.3 Å². The maximum absolute atomic E-state index is 12.5. The molecule has 1 aromatic carbocycles. The van der Waals surface area contributed by atoms with Gasteiger partial charge in [0, 0.05) is 32.2 Å². The van der Waals surface area contributed by atoms with E-state index in [9.17, 15) is 9.59 Å². The molecule has 1 aliphatic rings. The van der Waals surface area contributed by atoms with E-state index in [4.69, 9.17) is 4.74 Å². The molecule has 0 aromatic heterocycles. The smallest absolute Gasteiger partial charge is 0.409 e. The van der Waals surface area contributed by atoms with Crippen molar-refractivity contribution in [3.8, 4) is 0 Å². The Bertz CT molecular complexity index is 528. The Labute approximate surface area is 143 Å². The summed E-state index contributed by atoms with van der Waals surface area (Å²) in [5.41, 5.74) is 1.12. The predicted octanol–water partition coefficient (Wildman–Crippen LogP) is 2.84. The molecule has 0 bridgehead atoms. The number of urea groups is 1. The number of hydrogen-bond acceptors (Lipinski definition) is 3. The highest BCUT2D eigenvalue weighted by Gasteiger charge is 2.25. The highest BCUT2D eigenvalue weighted by Crippen LogP contribution is 2.12. The Morgan fingerprint density at radius 2 is 1.88 bits per heavy atom. The number of benzene rings is 1. The quantitative estimate of drug-likeness (QED) is 0.901. The largest absolute Gasteiger partial charge is 0.450 e. The lowest BCUT2D eigenvalue weighted by atomic mass is 10.1. The first-order chi connectivity index (χ1) is 11.6. The number of likely N-dealkylation sites (tertiary alicyclic amines) is 1. The van der Waals surface area contributed by atoms with Crippen LogP contribution in [-0.2, 0) is 11.3 Å². The third-order valence-electron chi connectivity index (χ3n) is 4.23. The summed E-state index contributed by atoms with van der Waals surface area (Å²) in [4.78, 5) is 27.7. The Kier molecular flexibility index (Phi) is 6.90. The van der Waals surface area contributed by atoms with Gasteiger partial charge >= 0.3 is 12.1 Å². The molecule has 6 heteroatoms. The number of hydrogen-bond donors (Lipinski definition) is 1. The lowest BCUT2D eigenvalue weighted by Gasteiger charge is -2.33. The van der Waals surface area contributed by atoms with Crippen LogP contribution >= 0.6 is 0 Å². The molecular weight excluding hydrogens is 306 g/mol. The molecule has 1 heterocycles. The molecule has 132 valence electrons. The van der Waals surface area contributed by atoms with E-state index in [0.717, 1.165) is 18.4 Å². The third-order valence-corrected chi connectivity index (χ3v) is 4.23. The van der Waals surface area contributed by atoms with Gasteiger partial charge < -0.3 is 19.9 Å². The van der Waals surface area contributed by atoms with Gasteiger partial charge in [-0.05, 0) is 32.3 Å². The van der Waals surface area contributed by atoms with Crippen molar-refractivity contribution in [2.45, 2.75) is 39.3 Å². The van der Waals surface area contributed by atoms with E-state index in [1.165, 1.54) is 0 Å². The van der Waals surface area contributed by atoms with Crippen LogP contribution < -0.4 is 5.32 Å². The monoisotopic (exact) mass is 333 g/mol. The molecule has 1 N–H and O–H groups in total. The third kappa shape index (κ3) is 5.15. The first kappa shape index (κ1) is 18.1. The predicted molar refractivity (Wildman–Crippen MR) is 92.7 cm³/mol. The summed E-state index contributed by atoms with van der Waals surface area (Å²) in [7, 11) is 0. The van der Waals surface area contributed by atoms with Gasteiger partial charge in [-0.25, -0.2) is 9.59 Å². The van der Waals surface area contributed by atoms with Gasteiger partial charge in [-0.15, -0.1) is 0 Å². The number of nitrogens with zero attached hydrogens (tertiary/aromatic N) is 2.